The number of H-pyrrole nitrogens is 1. The van der Waals surface area contributed by atoms with Gasteiger partial charge in [-0.05, 0) is 55.8 Å². The van der Waals surface area contributed by atoms with Crippen molar-refractivity contribution < 1.29 is 9.53 Å². The molecule has 2 aromatic carbocycles. The Morgan fingerprint density at radius 2 is 1.92 bits per heavy atom. The highest BCUT2D eigenvalue weighted by Gasteiger charge is 2.31. The minimum Gasteiger partial charge on any atom is -0.491 e. The highest BCUT2D eigenvalue weighted by atomic mass is 16.5. The molecule has 2 aliphatic heterocycles. The number of anilines is 1. The van der Waals surface area contributed by atoms with E-state index >= 15 is 0 Å². The van der Waals surface area contributed by atoms with Crippen molar-refractivity contribution >= 4 is 22.8 Å². The number of hydrogen-bond acceptors (Lipinski definition) is 6. The van der Waals surface area contributed by atoms with Crippen LogP contribution in [0, 0.1) is 13.8 Å². The largest absolute Gasteiger partial charge is 0.491 e. The van der Waals surface area contributed by atoms with Crippen LogP contribution in [0.2, 0.25) is 0 Å². The van der Waals surface area contributed by atoms with Gasteiger partial charge in [0.15, 0.2) is 5.65 Å². The Morgan fingerprint density at radius 3 is 2.71 bits per heavy atom. The first-order chi connectivity index (χ1) is 18.3. The van der Waals surface area contributed by atoms with E-state index in [0.717, 1.165) is 70.9 Å². The molecule has 0 spiro atoms. The Kier molecular flexibility index (Phi) is 6.07. The van der Waals surface area contributed by atoms with Gasteiger partial charge in [0, 0.05) is 69.1 Å². The number of nitrogens with zero attached hydrogens (tertiary/aromatic N) is 5. The van der Waals surface area contributed by atoms with Crippen LogP contribution in [0.1, 0.15) is 27.9 Å². The van der Waals surface area contributed by atoms with Gasteiger partial charge in [0.05, 0.1) is 24.2 Å². The molecule has 0 saturated carbocycles. The third-order valence-corrected chi connectivity index (χ3v) is 7.80. The standard InChI is InChI=1S/C30H34N6O2/c1-18-12-20(6-7-23(18)30(37)34(3)4)24-15-31-29-27(24)33-25(16-32-29)21-13-19(2)28-26(14-21)38-11-8-22-17-35(5)9-10-36(22)28/h6-7,12-16,22H,8-11,17H2,1-5H3,(H,31,32)/t22-/m0/s1. The van der Waals surface area contributed by atoms with Crippen LogP contribution >= 0.6 is 0 Å². The number of aryl methyl sites for hydroxylation is 2. The van der Waals surface area contributed by atoms with Crippen LogP contribution in [0.3, 0.4) is 0 Å². The fourth-order valence-electron chi connectivity index (χ4n) is 5.79. The number of fused-ring (bicyclic) bond motifs is 4. The molecule has 0 radical (unpaired) electrons. The Hall–Kier alpha value is -3.91. The van der Waals surface area contributed by atoms with Crippen LogP contribution in [-0.2, 0) is 0 Å². The number of carbonyl (C=O) groups is 1. The summed E-state index contributed by atoms with van der Waals surface area (Å²) < 4.78 is 6.30. The summed E-state index contributed by atoms with van der Waals surface area (Å²) in [5, 5.41) is 0. The van der Waals surface area contributed by atoms with E-state index in [9.17, 15) is 4.79 Å². The van der Waals surface area contributed by atoms with E-state index < -0.39 is 0 Å². The molecular formula is C30H34N6O2. The number of ether oxygens (including phenoxy) is 1. The topological polar surface area (TPSA) is 77.6 Å². The molecule has 4 heterocycles. The van der Waals surface area contributed by atoms with E-state index in [2.05, 4.69) is 40.9 Å². The van der Waals surface area contributed by atoms with Crippen LogP contribution in [0.15, 0.2) is 42.7 Å². The fourth-order valence-corrected chi connectivity index (χ4v) is 5.79. The molecule has 1 N–H and O–H groups in total. The number of aromatic nitrogens is 3. The second-order valence-electron chi connectivity index (χ2n) is 10.8. The van der Waals surface area contributed by atoms with E-state index in [-0.39, 0.29) is 5.91 Å². The first kappa shape index (κ1) is 24.4. The quantitative estimate of drug-likeness (QED) is 0.437. The molecule has 1 fully saturated rings. The number of nitrogens with one attached hydrogen (secondary N) is 1. The molecule has 0 bridgehead atoms. The molecule has 2 aliphatic rings. The van der Waals surface area contributed by atoms with Gasteiger partial charge in [-0.1, -0.05) is 12.1 Å². The van der Waals surface area contributed by atoms with Gasteiger partial charge in [-0.15, -0.1) is 0 Å². The number of likely N-dealkylation sites (N-methyl/N-ethyl adjacent to an activating group) is 1. The molecule has 2 aromatic heterocycles. The minimum atomic E-state index is -0.00116. The van der Waals surface area contributed by atoms with Gasteiger partial charge in [0.1, 0.15) is 11.3 Å². The van der Waals surface area contributed by atoms with E-state index in [1.54, 1.807) is 19.0 Å². The second kappa shape index (κ2) is 9.44. The molecular weight excluding hydrogens is 476 g/mol. The van der Waals surface area contributed by atoms with Crippen molar-refractivity contribution in [2.45, 2.75) is 26.3 Å². The third kappa shape index (κ3) is 4.19. The van der Waals surface area contributed by atoms with Crippen LogP contribution in [0.25, 0.3) is 33.5 Å². The highest BCUT2D eigenvalue weighted by Crippen LogP contribution is 2.41. The average molecular weight is 511 g/mol. The van der Waals surface area contributed by atoms with Crippen LogP contribution < -0.4 is 9.64 Å². The Balaban J connectivity index is 1.38. The first-order valence-corrected chi connectivity index (χ1v) is 13.2. The Bertz CT molecular complexity index is 1540. The fraction of sp³-hybridized carbons (Fsp3) is 0.367. The zero-order valence-corrected chi connectivity index (χ0v) is 22.7. The third-order valence-electron chi connectivity index (χ3n) is 7.80. The van der Waals surface area contributed by atoms with Crippen LogP contribution in [0.5, 0.6) is 5.75 Å². The van der Waals surface area contributed by atoms with Crippen molar-refractivity contribution in [3.8, 4) is 28.1 Å². The SMILES string of the molecule is Cc1cc(-c2c[nH]c3ncc(-c4cc(C)c5c(c4)OCC[C@H]4CN(C)CCN54)nc23)ccc1C(=O)N(C)C. The number of hydrogen-bond donors (Lipinski definition) is 1. The van der Waals surface area contributed by atoms with Crippen molar-refractivity contribution in [3.63, 3.8) is 0 Å². The monoisotopic (exact) mass is 510 g/mol. The van der Waals surface area contributed by atoms with E-state index in [1.807, 2.05) is 37.5 Å². The molecule has 8 heteroatoms. The molecule has 0 unspecified atom stereocenters. The number of aromatic amines is 1. The summed E-state index contributed by atoms with van der Waals surface area (Å²) in [6.07, 6.45) is 4.78. The molecule has 8 nitrogen and oxygen atoms in total. The summed E-state index contributed by atoms with van der Waals surface area (Å²) in [6, 6.07) is 10.7. The molecule has 1 amide bonds. The molecule has 1 atom stereocenters. The van der Waals surface area contributed by atoms with Gasteiger partial charge in [0.25, 0.3) is 5.91 Å². The van der Waals surface area contributed by atoms with Gasteiger partial charge in [-0.3, -0.25) is 4.79 Å². The summed E-state index contributed by atoms with van der Waals surface area (Å²) >= 11 is 0. The van der Waals surface area contributed by atoms with E-state index in [4.69, 9.17) is 14.7 Å². The van der Waals surface area contributed by atoms with Gasteiger partial charge in [-0.2, -0.15) is 0 Å². The number of rotatable bonds is 3. The molecule has 0 aliphatic carbocycles. The smallest absolute Gasteiger partial charge is 0.253 e. The van der Waals surface area contributed by atoms with Gasteiger partial charge in [-0.25, -0.2) is 9.97 Å². The lowest BCUT2D eigenvalue weighted by atomic mass is 10.00. The maximum absolute atomic E-state index is 12.5. The van der Waals surface area contributed by atoms with Crippen molar-refractivity contribution in [2.75, 3.05) is 52.3 Å². The number of amides is 1. The summed E-state index contributed by atoms with van der Waals surface area (Å²) in [7, 11) is 5.74. The normalized spacial score (nSPS) is 17.5. The van der Waals surface area contributed by atoms with E-state index in [1.165, 1.54) is 11.3 Å². The van der Waals surface area contributed by atoms with Gasteiger partial charge in [0.2, 0.25) is 0 Å². The lowest BCUT2D eigenvalue weighted by Crippen LogP contribution is -2.52. The molecule has 196 valence electrons. The lowest BCUT2D eigenvalue weighted by molar-refractivity contribution is 0.0827. The number of benzene rings is 2. The van der Waals surface area contributed by atoms with Gasteiger partial charge < -0.3 is 24.4 Å². The Labute approximate surface area is 223 Å². The van der Waals surface area contributed by atoms with Crippen LogP contribution in [0.4, 0.5) is 5.69 Å². The molecule has 6 rings (SSSR count). The summed E-state index contributed by atoms with van der Waals surface area (Å²) in [4.78, 5) is 32.1. The van der Waals surface area contributed by atoms with E-state index in [0.29, 0.717) is 18.2 Å². The average Bonchev–Trinajstić information content (AvgIpc) is 3.23. The van der Waals surface area contributed by atoms with Gasteiger partial charge >= 0.3 is 0 Å². The first-order valence-electron chi connectivity index (χ1n) is 13.2. The zero-order valence-electron chi connectivity index (χ0n) is 22.7. The summed E-state index contributed by atoms with van der Waals surface area (Å²) in [5.74, 6) is 0.929. The zero-order chi connectivity index (χ0) is 26.6. The predicted molar refractivity (Wildman–Crippen MR) is 151 cm³/mol. The highest BCUT2D eigenvalue weighted by molar-refractivity contribution is 5.97. The molecule has 38 heavy (non-hydrogen) atoms. The number of piperazine rings is 1. The van der Waals surface area contributed by atoms with Crippen molar-refractivity contribution in [3.05, 3.63) is 59.4 Å². The second-order valence-corrected chi connectivity index (χ2v) is 10.8. The molecule has 1 saturated heterocycles. The van der Waals surface area contributed by atoms with Crippen LogP contribution in [-0.4, -0.2) is 84.1 Å². The Morgan fingerprint density at radius 1 is 1.11 bits per heavy atom. The maximum Gasteiger partial charge on any atom is 0.253 e. The minimum absolute atomic E-state index is 0.00116. The summed E-state index contributed by atoms with van der Waals surface area (Å²) in [5.41, 5.74) is 9.35. The van der Waals surface area contributed by atoms with Crippen molar-refractivity contribution in [1.82, 2.24) is 24.8 Å². The predicted octanol–water partition coefficient (Wildman–Crippen LogP) is 4.51. The number of carbonyl (C=O) groups excluding carboxylic acids is 1. The maximum atomic E-state index is 12.5. The molecule has 4 aromatic rings. The van der Waals surface area contributed by atoms with Crippen molar-refractivity contribution in [2.24, 2.45) is 0 Å². The summed E-state index contributed by atoms with van der Waals surface area (Å²) in [6.45, 7) is 7.97. The lowest BCUT2D eigenvalue weighted by Gasteiger charge is -2.41. The van der Waals surface area contributed by atoms with Crippen molar-refractivity contribution in [1.29, 1.82) is 0 Å².